The van der Waals surface area contributed by atoms with Gasteiger partial charge in [0.1, 0.15) is 6.61 Å². The number of carbonyl (C=O) groups excluding carboxylic acids is 1. The van der Waals surface area contributed by atoms with Crippen LogP contribution in [0.3, 0.4) is 0 Å². The Morgan fingerprint density at radius 1 is 1.08 bits per heavy atom. The summed E-state index contributed by atoms with van der Waals surface area (Å²) in [7, 11) is 0. The molecule has 0 radical (unpaired) electrons. The Morgan fingerprint density at radius 2 is 1.67 bits per heavy atom. The second-order valence-electron chi connectivity index (χ2n) is 7.57. The van der Waals surface area contributed by atoms with E-state index in [0.29, 0.717) is 6.61 Å². The third-order valence-corrected chi connectivity index (χ3v) is 5.60. The first-order chi connectivity index (χ1) is 11.5. The van der Waals surface area contributed by atoms with Crippen molar-refractivity contribution in [1.29, 1.82) is 0 Å². The zero-order chi connectivity index (χ0) is 17.6. The Bertz CT molecular complexity index is 514. The highest BCUT2D eigenvalue weighted by molar-refractivity contribution is 5.83. The SMILES string of the molecule is CCN(CC)C(C)(C)COC(=O)C1(c2ccccc2)CCCCC1. The Labute approximate surface area is 147 Å². The van der Waals surface area contributed by atoms with Crippen LogP contribution < -0.4 is 0 Å². The second kappa shape index (κ2) is 8.15. The molecule has 1 aromatic rings. The molecule has 0 atom stereocenters. The molecule has 24 heavy (non-hydrogen) atoms. The molecule has 0 saturated heterocycles. The number of benzene rings is 1. The van der Waals surface area contributed by atoms with E-state index in [-0.39, 0.29) is 11.5 Å². The zero-order valence-electron chi connectivity index (χ0n) is 15.8. The molecule has 3 heteroatoms. The Balaban J connectivity index is 2.15. The third-order valence-electron chi connectivity index (χ3n) is 5.60. The molecular weight excluding hydrogens is 298 g/mol. The van der Waals surface area contributed by atoms with Crippen molar-refractivity contribution >= 4 is 5.97 Å². The molecule has 0 heterocycles. The average Bonchev–Trinajstić information content (AvgIpc) is 2.62. The standard InChI is InChI=1S/C21H33NO2/c1-5-22(6-2)20(3,4)17-24-19(23)21(15-11-8-12-16-21)18-13-9-7-10-14-18/h7,9-10,13-14H,5-6,8,11-12,15-17H2,1-4H3. The first-order valence-corrected chi connectivity index (χ1v) is 9.44. The zero-order valence-corrected chi connectivity index (χ0v) is 15.8. The van der Waals surface area contributed by atoms with Crippen LogP contribution in [0.2, 0.25) is 0 Å². The number of likely N-dealkylation sites (N-methyl/N-ethyl adjacent to an activating group) is 1. The van der Waals surface area contributed by atoms with E-state index in [1.54, 1.807) is 0 Å². The average molecular weight is 332 g/mol. The van der Waals surface area contributed by atoms with Gasteiger partial charge in [0.25, 0.3) is 0 Å². The van der Waals surface area contributed by atoms with Gasteiger partial charge in [-0.25, -0.2) is 0 Å². The Hall–Kier alpha value is -1.35. The van der Waals surface area contributed by atoms with Gasteiger partial charge in [-0.2, -0.15) is 0 Å². The number of rotatable bonds is 7. The van der Waals surface area contributed by atoms with Crippen molar-refractivity contribution in [1.82, 2.24) is 4.90 Å². The second-order valence-corrected chi connectivity index (χ2v) is 7.57. The van der Waals surface area contributed by atoms with E-state index in [2.05, 4.69) is 44.7 Å². The van der Waals surface area contributed by atoms with Crippen molar-refractivity contribution in [3.63, 3.8) is 0 Å². The van der Waals surface area contributed by atoms with Crippen LogP contribution in [-0.2, 0) is 14.9 Å². The number of carbonyl (C=O) groups is 1. The molecule has 1 aromatic carbocycles. The molecule has 0 aliphatic heterocycles. The lowest BCUT2D eigenvalue weighted by Crippen LogP contribution is -2.49. The molecule has 2 rings (SSSR count). The highest BCUT2D eigenvalue weighted by Gasteiger charge is 2.43. The minimum absolute atomic E-state index is 0.0337. The van der Waals surface area contributed by atoms with Crippen molar-refractivity contribution in [2.45, 2.75) is 70.8 Å². The van der Waals surface area contributed by atoms with Gasteiger partial charge in [0, 0.05) is 5.54 Å². The van der Waals surface area contributed by atoms with Gasteiger partial charge >= 0.3 is 5.97 Å². The molecule has 0 bridgehead atoms. The number of ether oxygens (including phenoxy) is 1. The Kier molecular flexibility index (Phi) is 6.45. The number of hydrogen-bond donors (Lipinski definition) is 0. The maximum Gasteiger partial charge on any atom is 0.316 e. The molecule has 0 N–H and O–H groups in total. The largest absolute Gasteiger partial charge is 0.463 e. The van der Waals surface area contributed by atoms with E-state index in [1.807, 2.05) is 18.2 Å². The molecule has 1 saturated carbocycles. The van der Waals surface area contributed by atoms with Crippen LogP contribution in [0.15, 0.2) is 30.3 Å². The molecular formula is C21H33NO2. The molecule has 3 nitrogen and oxygen atoms in total. The number of hydrogen-bond acceptors (Lipinski definition) is 3. The highest BCUT2D eigenvalue weighted by atomic mass is 16.5. The van der Waals surface area contributed by atoms with E-state index in [9.17, 15) is 4.79 Å². The van der Waals surface area contributed by atoms with Gasteiger partial charge in [-0.1, -0.05) is 63.4 Å². The van der Waals surface area contributed by atoms with Gasteiger partial charge in [0.05, 0.1) is 5.41 Å². The third kappa shape index (κ3) is 4.00. The predicted octanol–water partition coefficient (Wildman–Crippen LogP) is 4.55. The van der Waals surface area contributed by atoms with Gasteiger partial charge in [-0.3, -0.25) is 9.69 Å². The summed E-state index contributed by atoms with van der Waals surface area (Å²) in [5, 5.41) is 0. The predicted molar refractivity (Wildman–Crippen MR) is 99.2 cm³/mol. The lowest BCUT2D eigenvalue weighted by molar-refractivity contribution is -0.156. The van der Waals surface area contributed by atoms with E-state index < -0.39 is 5.41 Å². The summed E-state index contributed by atoms with van der Waals surface area (Å²) in [6.07, 6.45) is 5.22. The van der Waals surface area contributed by atoms with Crippen LogP contribution in [0, 0.1) is 0 Å². The lowest BCUT2D eigenvalue weighted by atomic mass is 9.69. The van der Waals surface area contributed by atoms with Crippen LogP contribution in [0.1, 0.15) is 65.4 Å². The summed E-state index contributed by atoms with van der Waals surface area (Å²) in [5.74, 6) is -0.0337. The molecule has 0 spiro atoms. The Morgan fingerprint density at radius 3 is 2.21 bits per heavy atom. The first kappa shape index (κ1) is 19.0. The van der Waals surface area contributed by atoms with E-state index >= 15 is 0 Å². The topological polar surface area (TPSA) is 29.5 Å². The monoisotopic (exact) mass is 331 g/mol. The molecule has 0 aromatic heterocycles. The van der Waals surface area contributed by atoms with Gasteiger partial charge in [-0.05, 0) is 45.3 Å². The molecule has 1 fully saturated rings. The van der Waals surface area contributed by atoms with Crippen LogP contribution in [0.5, 0.6) is 0 Å². The fraction of sp³-hybridized carbons (Fsp3) is 0.667. The summed E-state index contributed by atoms with van der Waals surface area (Å²) in [6, 6.07) is 10.2. The molecule has 134 valence electrons. The summed E-state index contributed by atoms with van der Waals surface area (Å²) in [5.41, 5.74) is 0.542. The molecule has 0 amide bonds. The fourth-order valence-electron chi connectivity index (χ4n) is 4.07. The number of nitrogens with zero attached hydrogens (tertiary/aromatic N) is 1. The normalized spacial score (nSPS) is 17.7. The summed E-state index contributed by atoms with van der Waals surface area (Å²) in [6.45, 7) is 11.0. The smallest absolute Gasteiger partial charge is 0.316 e. The van der Waals surface area contributed by atoms with Crippen LogP contribution in [0.4, 0.5) is 0 Å². The summed E-state index contributed by atoms with van der Waals surface area (Å²) in [4.78, 5) is 15.5. The minimum atomic E-state index is -0.446. The first-order valence-electron chi connectivity index (χ1n) is 9.44. The maximum atomic E-state index is 13.1. The van der Waals surface area contributed by atoms with E-state index in [4.69, 9.17) is 4.74 Å². The number of esters is 1. The molecule has 1 aliphatic carbocycles. The highest BCUT2D eigenvalue weighted by Crippen LogP contribution is 2.40. The minimum Gasteiger partial charge on any atom is -0.463 e. The van der Waals surface area contributed by atoms with Crippen molar-refractivity contribution in [2.75, 3.05) is 19.7 Å². The molecule has 0 unspecified atom stereocenters. The van der Waals surface area contributed by atoms with E-state index in [0.717, 1.165) is 44.3 Å². The van der Waals surface area contributed by atoms with Crippen molar-refractivity contribution in [2.24, 2.45) is 0 Å². The molecule has 1 aliphatic rings. The van der Waals surface area contributed by atoms with Gasteiger partial charge in [-0.15, -0.1) is 0 Å². The van der Waals surface area contributed by atoms with E-state index in [1.165, 1.54) is 6.42 Å². The fourth-order valence-corrected chi connectivity index (χ4v) is 4.07. The van der Waals surface area contributed by atoms with Crippen LogP contribution >= 0.6 is 0 Å². The van der Waals surface area contributed by atoms with Crippen molar-refractivity contribution < 1.29 is 9.53 Å². The van der Waals surface area contributed by atoms with Crippen LogP contribution in [-0.4, -0.2) is 36.1 Å². The van der Waals surface area contributed by atoms with Gasteiger partial charge in [0.15, 0.2) is 0 Å². The quantitative estimate of drug-likeness (QED) is 0.686. The maximum absolute atomic E-state index is 13.1. The lowest BCUT2D eigenvalue weighted by Gasteiger charge is -2.39. The van der Waals surface area contributed by atoms with Crippen molar-refractivity contribution in [3.8, 4) is 0 Å². The summed E-state index contributed by atoms with van der Waals surface area (Å²) < 4.78 is 5.91. The van der Waals surface area contributed by atoms with Gasteiger partial charge < -0.3 is 4.74 Å². The van der Waals surface area contributed by atoms with Crippen LogP contribution in [0.25, 0.3) is 0 Å². The van der Waals surface area contributed by atoms with Crippen molar-refractivity contribution in [3.05, 3.63) is 35.9 Å². The summed E-state index contributed by atoms with van der Waals surface area (Å²) >= 11 is 0. The van der Waals surface area contributed by atoms with Gasteiger partial charge in [0.2, 0.25) is 0 Å².